The van der Waals surface area contributed by atoms with Crippen molar-refractivity contribution in [1.82, 2.24) is 14.9 Å². The van der Waals surface area contributed by atoms with Gasteiger partial charge in [-0.05, 0) is 56.4 Å². The lowest BCUT2D eigenvalue weighted by Crippen LogP contribution is -2.29. The zero-order valence-electron chi connectivity index (χ0n) is 21.7. The molecule has 1 aliphatic heterocycles. The second-order valence-electron chi connectivity index (χ2n) is 9.32. The molecule has 1 unspecified atom stereocenters. The average molecular weight is 580 g/mol. The summed E-state index contributed by atoms with van der Waals surface area (Å²) in [6.07, 6.45) is 1.46. The molecule has 2 heterocycles. The summed E-state index contributed by atoms with van der Waals surface area (Å²) in [6.45, 7) is 2.99. The Kier molecular flexibility index (Phi) is 8.92. The van der Waals surface area contributed by atoms with Gasteiger partial charge in [-0.3, -0.25) is 9.59 Å². The maximum atomic E-state index is 13.3. The topological polar surface area (TPSA) is 116 Å². The highest BCUT2D eigenvalue weighted by Gasteiger charge is 2.49. The van der Waals surface area contributed by atoms with Crippen LogP contribution in [0, 0.1) is 0 Å². The van der Waals surface area contributed by atoms with Crippen molar-refractivity contribution in [2.45, 2.75) is 50.5 Å². The number of likely N-dealkylation sites (tertiary alicyclic amines) is 1. The minimum Gasteiger partial charge on any atom is -0.466 e. The normalized spacial score (nSPS) is 15.8. The molecule has 1 aliphatic rings. The van der Waals surface area contributed by atoms with Crippen molar-refractivity contribution < 1.29 is 40.1 Å². The van der Waals surface area contributed by atoms with E-state index in [1.165, 1.54) is 18.2 Å². The van der Waals surface area contributed by atoms with Crippen LogP contribution in [0.1, 0.15) is 60.1 Å². The summed E-state index contributed by atoms with van der Waals surface area (Å²) in [5.74, 6) is -1.24. The van der Waals surface area contributed by atoms with Crippen LogP contribution in [0.15, 0.2) is 48.5 Å². The number of unbranched alkanes of at least 4 members (excludes halogenated alkanes) is 1. The van der Waals surface area contributed by atoms with Gasteiger partial charge in [0.15, 0.2) is 0 Å². The quantitative estimate of drug-likeness (QED) is 0.146. The number of nitrogens with zero attached hydrogens (tertiary/aromatic N) is 3. The Morgan fingerprint density at radius 3 is 2.50 bits per heavy atom. The number of carbonyl (C=O) groups excluding carboxylic acids is 2. The van der Waals surface area contributed by atoms with E-state index in [9.17, 15) is 31.2 Å². The van der Waals surface area contributed by atoms with Crippen LogP contribution in [0.2, 0.25) is 0 Å². The van der Waals surface area contributed by atoms with Gasteiger partial charge in [-0.1, -0.05) is 30.3 Å². The standard InChI is InChI=1S/C27H28F3N3O6S/c1-2-38-24(34)11-7-6-10-22-25(39-40(36,37)27(28,29)30)32-21-13-12-19(16-23(21)31-22)26(35)33-15-14-20(17-33)18-8-4-3-5-9-18/h3-5,8-9,12-13,16,20H,2,6-7,10-11,14-15,17H2,1H3. The Hall–Kier alpha value is -3.74. The third kappa shape index (κ3) is 6.87. The SMILES string of the molecule is CCOC(=O)CCCCc1nc2cc(C(=O)N3CCC(c4ccccc4)C3)ccc2nc1OS(=O)(=O)C(F)(F)F. The van der Waals surface area contributed by atoms with Gasteiger partial charge in [-0.2, -0.15) is 21.6 Å². The number of ether oxygens (including phenoxy) is 1. The second-order valence-corrected chi connectivity index (χ2v) is 10.9. The fraction of sp³-hybridized carbons (Fsp3) is 0.407. The molecule has 2 aromatic carbocycles. The predicted molar refractivity (Wildman–Crippen MR) is 139 cm³/mol. The minimum atomic E-state index is -5.99. The molecule has 1 aromatic heterocycles. The number of halogens is 3. The average Bonchev–Trinajstić information content (AvgIpc) is 3.41. The molecule has 9 nitrogen and oxygen atoms in total. The van der Waals surface area contributed by atoms with Crippen LogP contribution in [0.4, 0.5) is 13.2 Å². The summed E-state index contributed by atoms with van der Waals surface area (Å²) < 4.78 is 71.6. The number of alkyl halides is 3. The van der Waals surface area contributed by atoms with Gasteiger partial charge in [0.25, 0.3) is 11.8 Å². The maximum absolute atomic E-state index is 13.3. The van der Waals surface area contributed by atoms with Crippen LogP contribution >= 0.6 is 0 Å². The zero-order chi connectivity index (χ0) is 28.9. The summed E-state index contributed by atoms with van der Waals surface area (Å²) >= 11 is 0. The van der Waals surface area contributed by atoms with E-state index in [2.05, 4.69) is 14.2 Å². The van der Waals surface area contributed by atoms with Gasteiger partial charge < -0.3 is 13.8 Å². The first-order chi connectivity index (χ1) is 19.0. The molecule has 1 saturated heterocycles. The molecule has 0 aliphatic carbocycles. The number of carbonyl (C=O) groups is 2. The molecular weight excluding hydrogens is 551 g/mol. The molecule has 4 rings (SSSR count). The predicted octanol–water partition coefficient (Wildman–Crippen LogP) is 4.76. The lowest BCUT2D eigenvalue weighted by Gasteiger charge is -2.17. The molecule has 40 heavy (non-hydrogen) atoms. The fourth-order valence-corrected chi connectivity index (χ4v) is 4.94. The highest BCUT2D eigenvalue weighted by Crippen LogP contribution is 2.31. The molecule has 0 saturated carbocycles. The van der Waals surface area contributed by atoms with Gasteiger partial charge in [0.1, 0.15) is 5.69 Å². The monoisotopic (exact) mass is 579 g/mol. The summed E-state index contributed by atoms with van der Waals surface area (Å²) in [6, 6.07) is 14.2. The Bertz CT molecular complexity index is 1480. The van der Waals surface area contributed by atoms with Gasteiger partial charge in [-0.15, -0.1) is 0 Å². The Morgan fingerprint density at radius 1 is 1.05 bits per heavy atom. The van der Waals surface area contributed by atoms with Gasteiger partial charge in [0.2, 0.25) is 0 Å². The molecule has 0 bridgehead atoms. The molecule has 0 spiro atoms. The molecular formula is C27H28F3N3O6S. The van der Waals surface area contributed by atoms with Crippen LogP contribution in [0.5, 0.6) is 5.88 Å². The van der Waals surface area contributed by atoms with Crippen molar-refractivity contribution in [2.75, 3.05) is 19.7 Å². The number of aryl methyl sites for hydroxylation is 1. The van der Waals surface area contributed by atoms with E-state index in [1.54, 1.807) is 11.8 Å². The second kappa shape index (κ2) is 12.2. The fourth-order valence-electron chi connectivity index (χ4n) is 4.51. The first-order valence-electron chi connectivity index (χ1n) is 12.8. The highest BCUT2D eigenvalue weighted by molar-refractivity contribution is 7.87. The molecule has 1 fully saturated rings. The van der Waals surface area contributed by atoms with Crippen LogP contribution in [-0.4, -0.2) is 60.4 Å². The van der Waals surface area contributed by atoms with Crippen LogP contribution < -0.4 is 4.18 Å². The van der Waals surface area contributed by atoms with Crippen molar-refractivity contribution in [3.05, 3.63) is 65.4 Å². The molecule has 0 N–H and O–H groups in total. The smallest absolute Gasteiger partial charge is 0.466 e. The largest absolute Gasteiger partial charge is 0.534 e. The Labute approximate surface area is 229 Å². The summed E-state index contributed by atoms with van der Waals surface area (Å²) in [5, 5.41) is 0. The number of fused-ring (bicyclic) bond motifs is 1. The first-order valence-corrected chi connectivity index (χ1v) is 14.2. The van der Waals surface area contributed by atoms with E-state index in [0.29, 0.717) is 25.1 Å². The van der Waals surface area contributed by atoms with E-state index < -0.39 is 27.5 Å². The number of hydrogen-bond acceptors (Lipinski definition) is 8. The third-order valence-electron chi connectivity index (χ3n) is 6.52. The third-order valence-corrected chi connectivity index (χ3v) is 7.46. The zero-order valence-corrected chi connectivity index (χ0v) is 22.5. The maximum Gasteiger partial charge on any atom is 0.534 e. The number of esters is 1. The Morgan fingerprint density at radius 2 is 1.80 bits per heavy atom. The van der Waals surface area contributed by atoms with Crippen molar-refractivity contribution in [3.63, 3.8) is 0 Å². The molecule has 3 aromatic rings. The molecule has 1 amide bonds. The van der Waals surface area contributed by atoms with E-state index in [4.69, 9.17) is 4.74 Å². The van der Waals surface area contributed by atoms with Crippen LogP contribution in [0.25, 0.3) is 11.0 Å². The van der Waals surface area contributed by atoms with Gasteiger partial charge in [-0.25, -0.2) is 9.97 Å². The van der Waals surface area contributed by atoms with E-state index >= 15 is 0 Å². The van der Waals surface area contributed by atoms with E-state index in [1.807, 2.05) is 30.3 Å². The number of rotatable bonds is 10. The molecule has 13 heteroatoms. The highest BCUT2D eigenvalue weighted by atomic mass is 32.2. The lowest BCUT2D eigenvalue weighted by atomic mass is 9.99. The molecule has 0 radical (unpaired) electrons. The van der Waals surface area contributed by atoms with Crippen LogP contribution in [0.3, 0.4) is 0 Å². The van der Waals surface area contributed by atoms with Crippen molar-refractivity contribution in [1.29, 1.82) is 0 Å². The summed E-state index contributed by atoms with van der Waals surface area (Å²) in [5.41, 5.74) is -4.07. The van der Waals surface area contributed by atoms with Gasteiger partial charge in [0, 0.05) is 31.0 Å². The van der Waals surface area contributed by atoms with Gasteiger partial charge >= 0.3 is 21.6 Å². The Balaban J connectivity index is 1.57. The number of amides is 1. The van der Waals surface area contributed by atoms with E-state index in [0.717, 1.165) is 12.0 Å². The van der Waals surface area contributed by atoms with E-state index in [-0.39, 0.29) is 54.4 Å². The molecule has 1 atom stereocenters. The minimum absolute atomic E-state index is 0.0197. The van der Waals surface area contributed by atoms with Gasteiger partial charge in [0.05, 0.1) is 17.6 Å². The van der Waals surface area contributed by atoms with Crippen molar-refractivity contribution in [3.8, 4) is 5.88 Å². The lowest BCUT2D eigenvalue weighted by molar-refractivity contribution is -0.143. The summed E-state index contributed by atoms with van der Waals surface area (Å²) in [7, 11) is -5.99. The van der Waals surface area contributed by atoms with Crippen molar-refractivity contribution in [2.24, 2.45) is 0 Å². The summed E-state index contributed by atoms with van der Waals surface area (Å²) in [4.78, 5) is 34.9. The first kappa shape index (κ1) is 29.2. The van der Waals surface area contributed by atoms with Crippen LogP contribution in [-0.2, 0) is 26.1 Å². The number of hydrogen-bond donors (Lipinski definition) is 0. The molecule has 214 valence electrons. The number of benzene rings is 2. The van der Waals surface area contributed by atoms with Crippen molar-refractivity contribution >= 4 is 33.0 Å². The number of aromatic nitrogens is 2.